The molecule has 0 aliphatic rings. The summed E-state index contributed by atoms with van der Waals surface area (Å²) in [5.41, 5.74) is 1.97. The molecule has 0 fully saturated rings. The van der Waals surface area contributed by atoms with Crippen molar-refractivity contribution in [2.75, 3.05) is 12.4 Å². The number of hydrogen-bond donors (Lipinski definition) is 1. The van der Waals surface area contributed by atoms with Crippen LogP contribution in [0.5, 0.6) is 0 Å². The van der Waals surface area contributed by atoms with Crippen molar-refractivity contribution in [3.63, 3.8) is 0 Å². The summed E-state index contributed by atoms with van der Waals surface area (Å²) in [6.07, 6.45) is 1.32. The maximum Gasteiger partial charge on any atom is 0.224 e. The molecule has 1 atom stereocenters. The van der Waals surface area contributed by atoms with E-state index in [2.05, 4.69) is 21.2 Å². The SMILES string of the molecule is COC(C)CCC(=O)Nc1ccc(C)c(Br)c1. The molecular formula is C13H18BrNO2. The van der Waals surface area contributed by atoms with E-state index < -0.39 is 0 Å². The molecule has 1 amide bonds. The second-order valence-electron chi connectivity index (χ2n) is 4.10. The lowest BCUT2D eigenvalue weighted by Gasteiger charge is -2.10. The number of aryl methyl sites for hydroxylation is 1. The van der Waals surface area contributed by atoms with Crippen molar-refractivity contribution >= 4 is 27.5 Å². The molecule has 0 saturated carbocycles. The Hall–Kier alpha value is -0.870. The molecule has 1 rings (SSSR count). The minimum atomic E-state index is 0.0182. The second-order valence-corrected chi connectivity index (χ2v) is 4.95. The first-order chi connectivity index (χ1) is 8.02. The lowest BCUT2D eigenvalue weighted by Crippen LogP contribution is -2.15. The van der Waals surface area contributed by atoms with Crippen LogP contribution in [-0.4, -0.2) is 19.1 Å². The molecule has 1 aromatic rings. The number of nitrogens with one attached hydrogen (secondary N) is 1. The number of halogens is 1. The van der Waals surface area contributed by atoms with E-state index in [0.29, 0.717) is 6.42 Å². The van der Waals surface area contributed by atoms with E-state index >= 15 is 0 Å². The summed E-state index contributed by atoms with van der Waals surface area (Å²) in [6.45, 7) is 3.96. The van der Waals surface area contributed by atoms with Gasteiger partial charge in [0, 0.05) is 23.7 Å². The minimum absolute atomic E-state index is 0.0182. The van der Waals surface area contributed by atoms with Gasteiger partial charge in [-0.1, -0.05) is 22.0 Å². The number of carbonyl (C=O) groups excluding carboxylic acids is 1. The van der Waals surface area contributed by atoms with Gasteiger partial charge in [-0.05, 0) is 38.0 Å². The lowest BCUT2D eigenvalue weighted by atomic mass is 10.2. The highest BCUT2D eigenvalue weighted by Gasteiger charge is 2.06. The van der Waals surface area contributed by atoms with Gasteiger partial charge in [0.25, 0.3) is 0 Å². The molecule has 0 aliphatic heterocycles. The summed E-state index contributed by atoms with van der Waals surface area (Å²) < 4.78 is 6.10. The normalized spacial score (nSPS) is 12.2. The fourth-order valence-corrected chi connectivity index (χ4v) is 1.73. The van der Waals surface area contributed by atoms with E-state index in [9.17, 15) is 4.79 Å². The number of carbonyl (C=O) groups is 1. The van der Waals surface area contributed by atoms with Crippen molar-refractivity contribution < 1.29 is 9.53 Å². The molecule has 94 valence electrons. The van der Waals surface area contributed by atoms with Crippen molar-refractivity contribution in [1.82, 2.24) is 0 Å². The molecule has 0 aromatic heterocycles. The van der Waals surface area contributed by atoms with Gasteiger partial charge in [0.2, 0.25) is 5.91 Å². The first kappa shape index (κ1) is 14.2. The van der Waals surface area contributed by atoms with Gasteiger partial charge in [0.15, 0.2) is 0 Å². The fourth-order valence-electron chi connectivity index (χ4n) is 1.35. The van der Waals surface area contributed by atoms with Crippen LogP contribution in [0.25, 0.3) is 0 Å². The smallest absolute Gasteiger partial charge is 0.224 e. The van der Waals surface area contributed by atoms with Crippen molar-refractivity contribution in [3.05, 3.63) is 28.2 Å². The number of anilines is 1. The largest absolute Gasteiger partial charge is 0.382 e. The Balaban J connectivity index is 2.48. The number of ether oxygens (including phenoxy) is 1. The molecule has 0 heterocycles. The number of hydrogen-bond acceptors (Lipinski definition) is 2. The molecule has 1 aromatic carbocycles. The van der Waals surface area contributed by atoms with Gasteiger partial charge in [-0.3, -0.25) is 4.79 Å². The standard InChI is InChI=1S/C13H18BrNO2/c1-9-4-6-11(8-12(9)14)15-13(16)7-5-10(2)17-3/h4,6,8,10H,5,7H2,1-3H3,(H,15,16). The molecule has 17 heavy (non-hydrogen) atoms. The lowest BCUT2D eigenvalue weighted by molar-refractivity contribution is -0.116. The zero-order valence-corrected chi connectivity index (χ0v) is 12.0. The Morgan fingerprint density at radius 3 is 2.82 bits per heavy atom. The molecule has 0 spiro atoms. The summed E-state index contributed by atoms with van der Waals surface area (Å²) in [5, 5.41) is 2.86. The molecule has 1 unspecified atom stereocenters. The number of methoxy groups -OCH3 is 1. The number of rotatable bonds is 5. The van der Waals surface area contributed by atoms with Gasteiger partial charge in [-0.2, -0.15) is 0 Å². The van der Waals surface area contributed by atoms with Gasteiger partial charge >= 0.3 is 0 Å². The molecule has 0 saturated heterocycles. The highest BCUT2D eigenvalue weighted by molar-refractivity contribution is 9.10. The van der Waals surface area contributed by atoms with E-state index in [-0.39, 0.29) is 12.0 Å². The zero-order valence-electron chi connectivity index (χ0n) is 10.4. The van der Waals surface area contributed by atoms with Crippen LogP contribution in [0.2, 0.25) is 0 Å². The van der Waals surface area contributed by atoms with Crippen LogP contribution in [0.1, 0.15) is 25.3 Å². The van der Waals surface area contributed by atoms with Crippen molar-refractivity contribution in [2.45, 2.75) is 32.8 Å². The average molecular weight is 300 g/mol. The van der Waals surface area contributed by atoms with Crippen LogP contribution in [-0.2, 0) is 9.53 Å². The van der Waals surface area contributed by atoms with Gasteiger partial charge in [-0.25, -0.2) is 0 Å². The molecule has 1 N–H and O–H groups in total. The van der Waals surface area contributed by atoms with E-state index in [1.165, 1.54) is 0 Å². The van der Waals surface area contributed by atoms with Crippen molar-refractivity contribution in [3.8, 4) is 0 Å². The van der Waals surface area contributed by atoms with Gasteiger partial charge in [0.1, 0.15) is 0 Å². The summed E-state index contributed by atoms with van der Waals surface area (Å²) >= 11 is 3.44. The topological polar surface area (TPSA) is 38.3 Å². The quantitative estimate of drug-likeness (QED) is 0.903. The minimum Gasteiger partial charge on any atom is -0.382 e. The Morgan fingerprint density at radius 2 is 2.24 bits per heavy atom. The third-order valence-electron chi connectivity index (χ3n) is 2.64. The summed E-state index contributed by atoms with van der Waals surface area (Å²) in [5.74, 6) is 0.0182. The van der Waals surface area contributed by atoms with E-state index in [0.717, 1.165) is 22.1 Å². The first-order valence-corrected chi connectivity index (χ1v) is 6.41. The van der Waals surface area contributed by atoms with Crippen molar-refractivity contribution in [1.29, 1.82) is 0 Å². The van der Waals surface area contributed by atoms with E-state index in [4.69, 9.17) is 4.74 Å². The predicted molar refractivity (Wildman–Crippen MR) is 73.2 cm³/mol. The van der Waals surface area contributed by atoms with Crippen LogP contribution in [0.4, 0.5) is 5.69 Å². The Bertz CT molecular complexity index is 393. The average Bonchev–Trinajstić information content (AvgIpc) is 2.31. The van der Waals surface area contributed by atoms with E-state index in [1.54, 1.807) is 7.11 Å². The number of amides is 1. The van der Waals surface area contributed by atoms with Crippen LogP contribution in [0, 0.1) is 6.92 Å². The maximum absolute atomic E-state index is 11.6. The summed E-state index contributed by atoms with van der Waals surface area (Å²) in [6, 6.07) is 5.78. The third-order valence-corrected chi connectivity index (χ3v) is 3.49. The molecule has 0 radical (unpaired) electrons. The van der Waals surface area contributed by atoms with E-state index in [1.807, 2.05) is 32.0 Å². The van der Waals surface area contributed by atoms with Crippen LogP contribution in [0.3, 0.4) is 0 Å². The monoisotopic (exact) mass is 299 g/mol. The molecule has 4 heteroatoms. The fraction of sp³-hybridized carbons (Fsp3) is 0.462. The van der Waals surface area contributed by atoms with Crippen molar-refractivity contribution in [2.24, 2.45) is 0 Å². The van der Waals surface area contributed by atoms with Crippen LogP contribution in [0.15, 0.2) is 22.7 Å². The molecule has 0 aliphatic carbocycles. The third kappa shape index (κ3) is 4.88. The Labute approximate surface area is 111 Å². The first-order valence-electron chi connectivity index (χ1n) is 5.61. The highest BCUT2D eigenvalue weighted by Crippen LogP contribution is 2.20. The summed E-state index contributed by atoms with van der Waals surface area (Å²) in [7, 11) is 1.65. The molecular weight excluding hydrogens is 282 g/mol. The van der Waals surface area contributed by atoms with Crippen LogP contribution >= 0.6 is 15.9 Å². The van der Waals surface area contributed by atoms with Gasteiger partial charge in [-0.15, -0.1) is 0 Å². The van der Waals surface area contributed by atoms with Gasteiger partial charge < -0.3 is 10.1 Å². The second kappa shape index (κ2) is 6.77. The number of benzene rings is 1. The predicted octanol–water partition coefficient (Wildman–Crippen LogP) is 3.51. The molecule has 0 bridgehead atoms. The van der Waals surface area contributed by atoms with Gasteiger partial charge in [0.05, 0.1) is 6.10 Å². The Kier molecular flexibility index (Phi) is 5.65. The summed E-state index contributed by atoms with van der Waals surface area (Å²) in [4.78, 5) is 11.6. The highest BCUT2D eigenvalue weighted by atomic mass is 79.9. The molecule has 3 nitrogen and oxygen atoms in total. The maximum atomic E-state index is 11.6. The van der Waals surface area contributed by atoms with Crippen LogP contribution < -0.4 is 5.32 Å². The zero-order chi connectivity index (χ0) is 12.8. The Morgan fingerprint density at radius 1 is 1.53 bits per heavy atom.